The van der Waals surface area contributed by atoms with Crippen molar-refractivity contribution in [2.45, 2.75) is 38.6 Å². The van der Waals surface area contributed by atoms with Crippen molar-refractivity contribution in [3.8, 4) is 0 Å². The Balaban J connectivity index is 1.61. The molecule has 3 nitrogen and oxygen atoms in total. The Labute approximate surface area is 104 Å². The van der Waals surface area contributed by atoms with Crippen molar-refractivity contribution < 1.29 is 4.79 Å². The molecule has 3 heteroatoms. The van der Waals surface area contributed by atoms with E-state index in [2.05, 4.69) is 6.92 Å². The summed E-state index contributed by atoms with van der Waals surface area (Å²) in [7, 11) is 1.96. The SMILES string of the molecule is CC1CC1CN(C)C(=O)C1C2CCC(C2)C1N. The third kappa shape index (κ3) is 1.88. The van der Waals surface area contributed by atoms with E-state index in [-0.39, 0.29) is 12.0 Å². The number of rotatable bonds is 3. The summed E-state index contributed by atoms with van der Waals surface area (Å²) < 4.78 is 0. The average Bonchev–Trinajstić information content (AvgIpc) is 2.75. The van der Waals surface area contributed by atoms with Gasteiger partial charge in [-0.1, -0.05) is 6.92 Å². The summed E-state index contributed by atoms with van der Waals surface area (Å²) in [6.45, 7) is 3.22. The first kappa shape index (κ1) is 11.5. The predicted molar refractivity (Wildman–Crippen MR) is 67.2 cm³/mol. The molecule has 3 fully saturated rings. The molecule has 96 valence electrons. The predicted octanol–water partition coefficient (Wildman–Crippen LogP) is 1.47. The van der Waals surface area contributed by atoms with Crippen LogP contribution in [0, 0.1) is 29.6 Å². The van der Waals surface area contributed by atoms with Crippen molar-refractivity contribution in [1.82, 2.24) is 4.90 Å². The molecular weight excluding hydrogens is 212 g/mol. The van der Waals surface area contributed by atoms with Crippen LogP contribution in [-0.4, -0.2) is 30.4 Å². The van der Waals surface area contributed by atoms with Crippen LogP contribution in [0.1, 0.15) is 32.6 Å². The van der Waals surface area contributed by atoms with E-state index in [4.69, 9.17) is 5.73 Å². The molecule has 3 aliphatic carbocycles. The lowest BCUT2D eigenvalue weighted by molar-refractivity contribution is -0.136. The molecule has 6 unspecified atom stereocenters. The zero-order valence-corrected chi connectivity index (χ0v) is 10.9. The third-order valence-corrected chi connectivity index (χ3v) is 5.43. The van der Waals surface area contributed by atoms with Gasteiger partial charge in [0.15, 0.2) is 0 Å². The summed E-state index contributed by atoms with van der Waals surface area (Å²) in [5, 5.41) is 0. The Morgan fingerprint density at radius 3 is 2.47 bits per heavy atom. The second kappa shape index (κ2) is 3.98. The lowest BCUT2D eigenvalue weighted by Crippen LogP contribution is -2.46. The van der Waals surface area contributed by atoms with Crippen LogP contribution in [0.4, 0.5) is 0 Å². The number of fused-ring (bicyclic) bond motifs is 2. The Morgan fingerprint density at radius 1 is 1.29 bits per heavy atom. The van der Waals surface area contributed by atoms with Crippen molar-refractivity contribution in [3.05, 3.63) is 0 Å². The molecule has 0 radical (unpaired) electrons. The van der Waals surface area contributed by atoms with Crippen LogP contribution < -0.4 is 5.73 Å². The molecule has 0 aromatic heterocycles. The van der Waals surface area contributed by atoms with Crippen molar-refractivity contribution in [2.75, 3.05) is 13.6 Å². The van der Waals surface area contributed by atoms with Gasteiger partial charge in [0.25, 0.3) is 0 Å². The van der Waals surface area contributed by atoms with Crippen molar-refractivity contribution in [2.24, 2.45) is 35.3 Å². The van der Waals surface area contributed by atoms with Gasteiger partial charge in [-0.2, -0.15) is 0 Å². The number of amides is 1. The van der Waals surface area contributed by atoms with E-state index in [0.29, 0.717) is 17.7 Å². The van der Waals surface area contributed by atoms with Crippen LogP contribution in [0.25, 0.3) is 0 Å². The molecule has 0 heterocycles. The molecular formula is C14H24N2O. The zero-order chi connectivity index (χ0) is 12.2. The molecule has 3 aliphatic rings. The second-order valence-electron chi connectivity index (χ2n) is 6.63. The van der Waals surface area contributed by atoms with Gasteiger partial charge >= 0.3 is 0 Å². The smallest absolute Gasteiger partial charge is 0.227 e. The van der Waals surface area contributed by atoms with Gasteiger partial charge in [0, 0.05) is 19.6 Å². The first-order chi connectivity index (χ1) is 8.08. The molecule has 0 aliphatic heterocycles. The van der Waals surface area contributed by atoms with Gasteiger partial charge in [-0.25, -0.2) is 0 Å². The fraction of sp³-hybridized carbons (Fsp3) is 0.929. The van der Waals surface area contributed by atoms with Gasteiger partial charge in [-0.05, 0) is 49.4 Å². The van der Waals surface area contributed by atoms with Crippen molar-refractivity contribution in [1.29, 1.82) is 0 Å². The zero-order valence-electron chi connectivity index (χ0n) is 10.9. The Hall–Kier alpha value is -0.570. The van der Waals surface area contributed by atoms with E-state index in [1.165, 1.54) is 25.7 Å². The summed E-state index contributed by atoms with van der Waals surface area (Å²) in [6.07, 6.45) is 4.97. The highest BCUT2D eigenvalue weighted by Gasteiger charge is 2.50. The molecule has 2 N–H and O–H groups in total. The van der Waals surface area contributed by atoms with E-state index in [0.717, 1.165) is 18.4 Å². The maximum atomic E-state index is 12.5. The lowest BCUT2D eigenvalue weighted by Gasteiger charge is -2.30. The molecule has 17 heavy (non-hydrogen) atoms. The van der Waals surface area contributed by atoms with Gasteiger partial charge in [0.2, 0.25) is 5.91 Å². The number of hydrogen-bond donors (Lipinski definition) is 1. The monoisotopic (exact) mass is 236 g/mol. The largest absolute Gasteiger partial charge is 0.345 e. The topological polar surface area (TPSA) is 46.3 Å². The summed E-state index contributed by atoms with van der Waals surface area (Å²) in [5.74, 6) is 3.23. The summed E-state index contributed by atoms with van der Waals surface area (Å²) in [6, 6.07) is 0.139. The number of nitrogens with zero attached hydrogens (tertiary/aromatic N) is 1. The van der Waals surface area contributed by atoms with E-state index >= 15 is 0 Å². The normalized spacial score (nSPS) is 47.2. The number of carbonyl (C=O) groups is 1. The minimum absolute atomic E-state index is 0.132. The van der Waals surface area contributed by atoms with E-state index in [1.54, 1.807) is 0 Å². The van der Waals surface area contributed by atoms with E-state index < -0.39 is 0 Å². The second-order valence-corrected chi connectivity index (χ2v) is 6.63. The molecule has 1 amide bonds. The highest BCUT2D eigenvalue weighted by atomic mass is 16.2. The van der Waals surface area contributed by atoms with E-state index in [9.17, 15) is 4.79 Å². The van der Waals surface area contributed by atoms with Gasteiger partial charge < -0.3 is 10.6 Å². The van der Waals surface area contributed by atoms with Crippen LogP contribution >= 0.6 is 0 Å². The number of nitrogens with two attached hydrogens (primary N) is 1. The lowest BCUT2D eigenvalue weighted by atomic mass is 9.84. The maximum Gasteiger partial charge on any atom is 0.227 e. The fourth-order valence-electron chi connectivity index (χ4n) is 4.05. The third-order valence-electron chi connectivity index (χ3n) is 5.43. The van der Waals surface area contributed by atoms with E-state index in [1.807, 2.05) is 11.9 Å². The first-order valence-electron chi connectivity index (χ1n) is 7.08. The molecule has 3 saturated carbocycles. The molecule has 0 aromatic carbocycles. The van der Waals surface area contributed by atoms with Crippen LogP contribution in [-0.2, 0) is 4.79 Å². The van der Waals surface area contributed by atoms with Crippen LogP contribution in [0.3, 0.4) is 0 Å². The maximum absolute atomic E-state index is 12.5. The summed E-state index contributed by atoms with van der Waals surface area (Å²) >= 11 is 0. The van der Waals surface area contributed by atoms with Crippen molar-refractivity contribution in [3.63, 3.8) is 0 Å². The minimum atomic E-state index is 0.132. The Morgan fingerprint density at radius 2 is 1.94 bits per heavy atom. The highest BCUT2D eigenvalue weighted by Crippen LogP contribution is 2.48. The Bertz CT molecular complexity index is 328. The van der Waals surface area contributed by atoms with Gasteiger partial charge in [-0.15, -0.1) is 0 Å². The molecule has 3 rings (SSSR count). The number of hydrogen-bond acceptors (Lipinski definition) is 2. The van der Waals surface area contributed by atoms with Crippen LogP contribution in [0.2, 0.25) is 0 Å². The molecule has 0 spiro atoms. The van der Waals surface area contributed by atoms with Gasteiger partial charge in [0.1, 0.15) is 0 Å². The standard InChI is InChI=1S/C14H24N2O/c1-8-5-11(8)7-16(2)14(17)12-9-3-4-10(6-9)13(12)15/h8-13H,3-7,15H2,1-2H3. The van der Waals surface area contributed by atoms with Gasteiger partial charge in [-0.3, -0.25) is 4.79 Å². The van der Waals surface area contributed by atoms with Crippen molar-refractivity contribution >= 4 is 5.91 Å². The van der Waals surface area contributed by atoms with Crippen LogP contribution in [0.5, 0.6) is 0 Å². The number of carbonyl (C=O) groups excluding carboxylic acids is 1. The quantitative estimate of drug-likeness (QED) is 0.806. The highest BCUT2D eigenvalue weighted by molar-refractivity contribution is 5.80. The Kier molecular flexibility index (Phi) is 2.69. The first-order valence-corrected chi connectivity index (χ1v) is 7.08. The average molecular weight is 236 g/mol. The van der Waals surface area contributed by atoms with Crippen LogP contribution in [0.15, 0.2) is 0 Å². The minimum Gasteiger partial charge on any atom is -0.345 e. The summed E-state index contributed by atoms with van der Waals surface area (Å²) in [5.41, 5.74) is 6.23. The molecule has 0 saturated heterocycles. The molecule has 6 atom stereocenters. The molecule has 2 bridgehead atoms. The fourth-order valence-corrected chi connectivity index (χ4v) is 4.05. The summed E-state index contributed by atoms with van der Waals surface area (Å²) in [4.78, 5) is 14.4. The molecule has 0 aromatic rings. The van der Waals surface area contributed by atoms with Gasteiger partial charge in [0.05, 0.1) is 5.92 Å².